The number of carbonyl (C=O) groups excluding carboxylic acids is 1. The van der Waals surface area contributed by atoms with Gasteiger partial charge in [-0.1, -0.05) is 23.5 Å². The molecule has 19 heavy (non-hydrogen) atoms. The predicted octanol–water partition coefficient (Wildman–Crippen LogP) is 1.66. The van der Waals surface area contributed by atoms with E-state index in [1.54, 1.807) is 24.3 Å². The summed E-state index contributed by atoms with van der Waals surface area (Å²) in [6.45, 7) is 0. The van der Waals surface area contributed by atoms with Crippen LogP contribution in [0.1, 0.15) is 0 Å². The Morgan fingerprint density at radius 3 is 2.63 bits per heavy atom. The summed E-state index contributed by atoms with van der Waals surface area (Å²) in [5.74, 6) is -2.16. The lowest BCUT2D eigenvalue weighted by atomic mass is 10.3. The number of anilines is 1. The molecular formula is C10H6F3N3O2S. The van der Waals surface area contributed by atoms with Crippen molar-refractivity contribution < 1.29 is 18.0 Å². The van der Waals surface area contributed by atoms with E-state index in [2.05, 4.69) is 4.98 Å². The number of hydrogen-bond acceptors (Lipinski definition) is 5. The van der Waals surface area contributed by atoms with E-state index >= 15 is 0 Å². The number of carbonyl (C=O) groups is 1. The largest absolute Gasteiger partial charge is 0.472 e. The Balaban J connectivity index is 2.23. The fourth-order valence-electron chi connectivity index (χ4n) is 1.25. The van der Waals surface area contributed by atoms with Gasteiger partial charge in [0.05, 0.1) is 5.39 Å². The molecule has 2 rings (SSSR count). The number of rotatable bonds is 2. The lowest BCUT2D eigenvalue weighted by molar-refractivity contribution is -0.173. The lowest BCUT2D eigenvalue weighted by Gasteiger charge is -2.09. The van der Waals surface area contributed by atoms with Gasteiger partial charge in [-0.2, -0.15) is 18.2 Å². The molecule has 5 nitrogen and oxygen atoms in total. The second-order valence-electron chi connectivity index (χ2n) is 3.40. The van der Waals surface area contributed by atoms with Crippen LogP contribution in [0.4, 0.5) is 18.3 Å². The van der Waals surface area contributed by atoms with Crippen LogP contribution < -0.4 is 16.4 Å². The summed E-state index contributed by atoms with van der Waals surface area (Å²) in [5, 5.41) is 0.237. The second-order valence-corrected chi connectivity index (χ2v) is 4.43. The predicted molar refractivity (Wildman–Crippen MR) is 63.7 cm³/mol. The number of halogens is 3. The number of nitrogens with zero attached hydrogens (tertiary/aromatic N) is 1. The van der Waals surface area contributed by atoms with E-state index in [-0.39, 0.29) is 5.13 Å². The van der Waals surface area contributed by atoms with Crippen molar-refractivity contribution in [2.45, 2.75) is 6.18 Å². The van der Waals surface area contributed by atoms with Crippen molar-refractivity contribution in [3.63, 3.8) is 0 Å². The maximum absolute atomic E-state index is 12.0. The zero-order chi connectivity index (χ0) is 14.0. The summed E-state index contributed by atoms with van der Waals surface area (Å²) in [7, 11) is 0. The van der Waals surface area contributed by atoms with Crippen molar-refractivity contribution in [3.05, 3.63) is 34.6 Å². The molecule has 0 radical (unpaired) electrons. The van der Waals surface area contributed by atoms with E-state index in [1.807, 2.05) is 5.43 Å². The van der Waals surface area contributed by atoms with Gasteiger partial charge in [0.15, 0.2) is 0 Å². The first kappa shape index (κ1) is 13.3. The molecule has 0 saturated heterocycles. The zero-order valence-corrected chi connectivity index (χ0v) is 9.93. The molecule has 0 spiro atoms. The highest BCUT2D eigenvalue weighted by molar-refractivity contribution is 7.21. The van der Waals surface area contributed by atoms with Gasteiger partial charge in [-0.3, -0.25) is 20.4 Å². The van der Waals surface area contributed by atoms with E-state index in [9.17, 15) is 22.8 Å². The number of aromatic nitrogens is 1. The molecule has 1 amide bonds. The number of benzene rings is 1. The van der Waals surface area contributed by atoms with Crippen molar-refractivity contribution in [2.75, 3.05) is 5.43 Å². The highest BCUT2D eigenvalue weighted by atomic mass is 32.1. The molecule has 100 valence electrons. The topological polar surface area (TPSA) is 71.1 Å². The molecule has 9 heteroatoms. The molecule has 0 aliphatic rings. The Hall–Kier alpha value is -2.16. The molecule has 1 aromatic carbocycles. The lowest BCUT2D eigenvalue weighted by Crippen LogP contribution is -2.40. The first-order chi connectivity index (χ1) is 8.88. The first-order valence-corrected chi connectivity index (χ1v) is 5.72. The molecule has 0 bridgehead atoms. The van der Waals surface area contributed by atoms with E-state index in [0.29, 0.717) is 10.1 Å². The Morgan fingerprint density at radius 1 is 1.26 bits per heavy atom. The molecule has 0 unspecified atom stereocenters. The van der Waals surface area contributed by atoms with Crippen LogP contribution in [0.3, 0.4) is 0 Å². The van der Waals surface area contributed by atoms with E-state index in [0.717, 1.165) is 11.3 Å². The third kappa shape index (κ3) is 2.99. The third-order valence-corrected chi connectivity index (χ3v) is 3.03. The summed E-state index contributed by atoms with van der Waals surface area (Å²) >= 11 is 0.949. The van der Waals surface area contributed by atoms with Gasteiger partial charge in [0.1, 0.15) is 0 Å². The van der Waals surface area contributed by atoms with Crippen molar-refractivity contribution in [3.8, 4) is 0 Å². The van der Waals surface area contributed by atoms with E-state index in [4.69, 9.17) is 0 Å². The Bertz CT molecular complexity index is 684. The molecule has 0 fully saturated rings. The molecule has 2 aromatic rings. The number of alkyl halides is 3. The van der Waals surface area contributed by atoms with Gasteiger partial charge in [-0.05, 0) is 12.1 Å². The summed E-state index contributed by atoms with van der Waals surface area (Å²) in [6.07, 6.45) is -5.01. The van der Waals surface area contributed by atoms with Gasteiger partial charge in [0.2, 0.25) is 5.13 Å². The van der Waals surface area contributed by atoms with Crippen LogP contribution in [0.25, 0.3) is 10.1 Å². The number of hydrogen-bond donors (Lipinski definition) is 2. The smallest absolute Gasteiger partial charge is 0.273 e. The van der Waals surface area contributed by atoms with Crippen LogP contribution in [-0.2, 0) is 4.79 Å². The quantitative estimate of drug-likeness (QED) is 0.825. The molecule has 1 heterocycles. The summed E-state index contributed by atoms with van der Waals surface area (Å²) < 4.78 is 36.4. The van der Waals surface area contributed by atoms with Crippen LogP contribution in [0.2, 0.25) is 0 Å². The number of fused-ring (bicyclic) bond motifs is 1. The zero-order valence-electron chi connectivity index (χ0n) is 9.12. The van der Waals surface area contributed by atoms with Gasteiger partial charge in [0.25, 0.3) is 5.56 Å². The van der Waals surface area contributed by atoms with Crippen LogP contribution >= 0.6 is 11.3 Å². The van der Waals surface area contributed by atoms with Crippen molar-refractivity contribution in [1.29, 1.82) is 0 Å². The maximum Gasteiger partial charge on any atom is 0.472 e. The third-order valence-electron chi connectivity index (χ3n) is 2.07. The highest BCUT2D eigenvalue weighted by Crippen LogP contribution is 2.20. The van der Waals surface area contributed by atoms with Gasteiger partial charge < -0.3 is 0 Å². The maximum atomic E-state index is 12.0. The monoisotopic (exact) mass is 289 g/mol. The molecule has 0 aliphatic carbocycles. The number of nitrogens with one attached hydrogen (secondary N) is 2. The molecule has 0 saturated carbocycles. The van der Waals surface area contributed by atoms with Crippen molar-refractivity contribution in [1.82, 2.24) is 10.4 Å². The fraction of sp³-hybridized carbons (Fsp3) is 0.100. The van der Waals surface area contributed by atoms with Crippen LogP contribution in [0.5, 0.6) is 0 Å². The molecular weight excluding hydrogens is 283 g/mol. The van der Waals surface area contributed by atoms with Gasteiger partial charge in [0, 0.05) is 4.70 Å². The molecule has 0 atom stereocenters. The normalized spacial score (nSPS) is 11.3. The highest BCUT2D eigenvalue weighted by Gasteiger charge is 2.38. The minimum Gasteiger partial charge on any atom is -0.273 e. The number of hydrazine groups is 1. The second kappa shape index (κ2) is 4.84. The molecule has 1 aromatic heterocycles. The average molecular weight is 289 g/mol. The Morgan fingerprint density at radius 2 is 1.95 bits per heavy atom. The van der Waals surface area contributed by atoms with Crippen molar-refractivity contribution >= 4 is 32.5 Å². The Kier molecular flexibility index (Phi) is 3.38. The van der Waals surface area contributed by atoms with Crippen LogP contribution in [0, 0.1) is 0 Å². The van der Waals surface area contributed by atoms with Crippen molar-refractivity contribution in [2.24, 2.45) is 0 Å². The Labute approximate surface area is 108 Å². The van der Waals surface area contributed by atoms with E-state index < -0.39 is 17.6 Å². The molecule has 0 aliphatic heterocycles. The van der Waals surface area contributed by atoms with Gasteiger partial charge in [-0.25, -0.2) is 0 Å². The van der Waals surface area contributed by atoms with Gasteiger partial charge >= 0.3 is 12.1 Å². The minimum atomic E-state index is -5.01. The fourth-order valence-corrected chi connectivity index (χ4v) is 2.10. The van der Waals surface area contributed by atoms with Crippen LogP contribution in [-0.4, -0.2) is 17.1 Å². The van der Waals surface area contributed by atoms with E-state index in [1.165, 1.54) is 5.43 Å². The van der Waals surface area contributed by atoms with Gasteiger partial charge in [-0.15, -0.1) is 0 Å². The first-order valence-electron chi connectivity index (χ1n) is 4.91. The average Bonchev–Trinajstić information content (AvgIpc) is 2.35. The summed E-state index contributed by atoms with van der Waals surface area (Å²) in [5.41, 5.74) is 2.81. The standard InChI is InChI=1S/C10H6F3N3O2S/c11-10(12,13)8(18)15-16-9-14-7(17)5-3-1-2-4-6(5)19-9/h1-4H,(H,15,18)(H,14,16,17). The number of amides is 1. The van der Waals surface area contributed by atoms with Crippen LogP contribution in [0.15, 0.2) is 29.1 Å². The summed E-state index contributed by atoms with van der Waals surface area (Å²) in [6, 6.07) is 6.51. The molecule has 2 N–H and O–H groups in total. The minimum absolute atomic E-state index is 0.124. The summed E-state index contributed by atoms with van der Waals surface area (Å²) in [4.78, 5) is 25.7. The SMILES string of the molecule is O=C(NNc1nc(=O)c2ccccc2s1)C(F)(F)F.